The Hall–Kier alpha value is -2.00. The van der Waals surface area contributed by atoms with E-state index in [-0.39, 0.29) is 0 Å². The molecule has 21 heavy (non-hydrogen) atoms. The Morgan fingerprint density at radius 2 is 1.81 bits per heavy atom. The molecule has 0 aliphatic heterocycles. The summed E-state index contributed by atoms with van der Waals surface area (Å²) in [5.74, 6) is 0.152. The normalized spacial score (nSPS) is 15.5. The van der Waals surface area contributed by atoms with Crippen LogP contribution in [0.15, 0.2) is 48.5 Å². The molecule has 1 fully saturated rings. The molecule has 3 nitrogen and oxygen atoms in total. The van der Waals surface area contributed by atoms with E-state index in [1.54, 1.807) is 6.07 Å². The third-order valence-corrected chi connectivity index (χ3v) is 4.11. The number of nitrogens with two attached hydrogens (primary N) is 1. The van der Waals surface area contributed by atoms with Crippen LogP contribution >= 0.6 is 11.6 Å². The minimum absolute atomic E-state index is 0.400. The molecule has 1 amide bonds. The van der Waals surface area contributed by atoms with Gasteiger partial charge in [0, 0.05) is 0 Å². The van der Waals surface area contributed by atoms with Gasteiger partial charge in [-0.2, -0.15) is 0 Å². The molecule has 108 valence electrons. The monoisotopic (exact) mass is 300 g/mol. The second-order valence-corrected chi connectivity index (χ2v) is 5.77. The van der Waals surface area contributed by atoms with E-state index < -0.39 is 11.9 Å². The van der Waals surface area contributed by atoms with Gasteiger partial charge in [0.25, 0.3) is 0 Å². The van der Waals surface area contributed by atoms with E-state index in [1.165, 1.54) is 18.4 Å². The van der Waals surface area contributed by atoms with Crippen molar-refractivity contribution in [1.29, 1.82) is 0 Å². The number of rotatable bonds is 5. The molecule has 1 aliphatic carbocycles. The van der Waals surface area contributed by atoms with Gasteiger partial charge in [0.05, 0.1) is 10.7 Å². The number of nitrogens with one attached hydrogen (secondary N) is 1. The van der Waals surface area contributed by atoms with Crippen molar-refractivity contribution in [3.05, 3.63) is 64.7 Å². The van der Waals surface area contributed by atoms with Crippen LogP contribution in [0, 0.1) is 0 Å². The smallest absolute Gasteiger partial charge is 0.244 e. The van der Waals surface area contributed by atoms with Gasteiger partial charge in [-0.05, 0) is 42.0 Å². The SMILES string of the molecule is NC(=O)C(Nc1ccccc1Cl)c1ccccc1C1CC1. The zero-order valence-electron chi connectivity index (χ0n) is 11.6. The standard InChI is InChI=1S/C17H17ClN2O/c18-14-7-3-4-8-15(14)20-16(17(19)21)13-6-2-1-5-12(13)11-9-10-11/h1-8,11,16,20H,9-10H2,(H2,19,21). The molecule has 0 aromatic heterocycles. The van der Waals surface area contributed by atoms with Crippen molar-refractivity contribution in [2.75, 3.05) is 5.32 Å². The third-order valence-electron chi connectivity index (χ3n) is 3.78. The maximum absolute atomic E-state index is 11.9. The average Bonchev–Trinajstić information content (AvgIpc) is 3.31. The number of halogens is 1. The number of carbonyl (C=O) groups excluding carboxylic acids is 1. The molecular formula is C17H17ClN2O. The molecule has 1 aliphatic rings. The van der Waals surface area contributed by atoms with Gasteiger partial charge >= 0.3 is 0 Å². The summed E-state index contributed by atoms with van der Waals surface area (Å²) >= 11 is 6.16. The molecule has 0 spiro atoms. The van der Waals surface area contributed by atoms with E-state index >= 15 is 0 Å². The van der Waals surface area contributed by atoms with Crippen LogP contribution in [0.25, 0.3) is 0 Å². The topological polar surface area (TPSA) is 55.1 Å². The summed E-state index contributed by atoms with van der Waals surface area (Å²) in [7, 11) is 0. The Bertz CT molecular complexity index is 667. The number of para-hydroxylation sites is 1. The van der Waals surface area contributed by atoms with Crippen molar-refractivity contribution >= 4 is 23.2 Å². The van der Waals surface area contributed by atoms with Gasteiger partial charge in [0.1, 0.15) is 6.04 Å². The van der Waals surface area contributed by atoms with Crippen LogP contribution < -0.4 is 11.1 Å². The molecular weight excluding hydrogens is 284 g/mol. The highest BCUT2D eigenvalue weighted by Crippen LogP contribution is 2.43. The second kappa shape index (κ2) is 5.78. The minimum Gasteiger partial charge on any atom is -0.369 e. The molecule has 3 rings (SSSR count). The highest BCUT2D eigenvalue weighted by atomic mass is 35.5. The molecule has 1 saturated carbocycles. The van der Waals surface area contributed by atoms with E-state index in [0.717, 1.165) is 5.56 Å². The predicted octanol–water partition coefficient (Wildman–Crippen LogP) is 3.86. The fraction of sp³-hybridized carbons (Fsp3) is 0.235. The van der Waals surface area contributed by atoms with Crippen LogP contribution in [0.3, 0.4) is 0 Å². The Balaban J connectivity index is 1.96. The average molecular weight is 301 g/mol. The minimum atomic E-state index is -0.568. The molecule has 3 N–H and O–H groups in total. The number of primary amides is 1. The number of amides is 1. The van der Waals surface area contributed by atoms with Crippen LogP contribution in [-0.2, 0) is 4.79 Å². The summed E-state index contributed by atoms with van der Waals surface area (Å²) in [6, 6.07) is 14.8. The first kappa shape index (κ1) is 14.0. The van der Waals surface area contributed by atoms with Crippen molar-refractivity contribution in [2.45, 2.75) is 24.8 Å². The van der Waals surface area contributed by atoms with E-state index in [4.69, 9.17) is 17.3 Å². The molecule has 1 unspecified atom stereocenters. The lowest BCUT2D eigenvalue weighted by molar-refractivity contribution is -0.118. The lowest BCUT2D eigenvalue weighted by Crippen LogP contribution is -2.28. The van der Waals surface area contributed by atoms with Gasteiger partial charge in [0.2, 0.25) is 5.91 Å². The summed E-state index contributed by atoms with van der Waals surface area (Å²) in [5.41, 5.74) is 8.49. The summed E-state index contributed by atoms with van der Waals surface area (Å²) in [5, 5.41) is 3.76. The van der Waals surface area contributed by atoms with Crippen molar-refractivity contribution in [2.24, 2.45) is 5.73 Å². The molecule has 2 aromatic rings. The Labute approximate surface area is 129 Å². The number of anilines is 1. The number of hydrogen-bond acceptors (Lipinski definition) is 2. The molecule has 4 heteroatoms. The molecule has 0 saturated heterocycles. The van der Waals surface area contributed by atoms with Crippen LogP contribution in [-0.4, -0.2) is 5.91 Å². The highest BCUT2D eigenvalue weighted by Gasteiger charge is 2.30. The van der Waals surface area contributed by atoms with Crippen molar-refractivity contribution in [3.63, 3.8) is 0 Å². The molecule has 0 bridgehead atoms. The third kappa shape index (κ3) is 3.03. The zero-order chi connectivity index (χ0) is 14.8. The van der Waals surface area contributed by atoms with E-state index in [1.807, 2.05) is 36.4 Å². The summed E-state index contributed by atoms with van der Waals surface area (Å²) in [4.78, 5) is 11.9. The predicted molar refractivity (Wildman–Crippen MR) is 85.4 cm³/mol. The largest absolute Gasteiger partial charge is 0.369 e. The second-order valence-electron chi connectivity index (χ2n) is 5.36. The zero-order valence-corrected chi connectivity index (χ0v) is 12.3. The van der Waals surface area contributed by atoms with Gasteiger partial charge in [0.15, 0.2) is 0 Å². The van der Waals surface area contributed by atoms with Gasteiger partial charge in [-0.25, -0.2) is 0 Å². The van der Waals surface area contributed by atoms with Gasteiger partial charge in [-0.3, -0.25) is 4.79 Å². The van der Waals surface area contributed by atoms with E-state index in [9.17, 15) is 4.79 Å². The first-order valence-corrected chi connectivity index (χ1v) is 7.44. The Morgan fingerprint density at radius 1 is 1.14 bits per heavy atom. The molecule has 0 heterocycles. The summed E-state index contributed by atoms with van der Waals surface area (Å²) < 4.78 is 0. The fourth-order valence-electron chi connectivity index (χ4n) is 2.58. The van der Waals surface area contributed by atoms with Crippen LogP contribution in [0.1, 0.15) is 35.9 Å². The van der Waals surface area contributed by atoms with Crippen molar-refractivity contribution < 1.29 is 4.79 Å². The van der Waals surface area contributed by atoms with E-state index in [2.05, 4.69) is 11.4 Å². The summed E-state index contributed by atoms with van der Waals surface area (Å²) in [6.07, 6.45) is 2.35. The maximum atomic E-state index is 11.9. The lowest BCUT2D eigenvalue weighted by Gasteiger charge is -2.21. The highest BCUT2D eigenvalue weighted by molar-refractivity contribution is 6.33. The van der Waals surface area contributed by atoms with Gasteiger partial charge in [-0.1, -0.05) is 48.0 Å². The quantitative estimate of drug-likeness (QED) is 0.881. The first-order chi connectivity index (χ1) is 10.2. The molecule has 2 aromatic carbocycles. The maximum Gasteiger partial charge on any atom is 0.244 e. The molecule has 1 atom stereocenters. The Kier molecular flexibility index (Phi) is 3.84. The lowest BCUT2D eigenvalue weighted by atomic mass is 9.96. The van der Waals surface area contributed by atoms with E-state index in [0.29, 0.717) is 16.6 Å². The number of benzene rings is 2. The van der Waals surface area contributed by atoms with Gasteiger partial charge < -0.3 is 11.1 Å². The van der Waals surface area contributed by atoms with Crippen LogP contribution in [0.4, 0.5) is 5.69 Å². The number of carbonyl (C=O) groups is 1. The number of hydrogen-bond donors (Lipinski definition) is 2. The van der Waals surface area contributed by atoms with Crippen molar-refractivity contribution in [1.82, 2.24) is 0 Å². The summed E-state index contributed by atoms with van der Waals surface area (Å²) in [6.45, 7) is 0. The van der Waals surface area contributed by atoms with Crippen LogP contribution in [0.5, 0.6) is 0 Å². The van der Waals surface area contributed by atoms with Gasteiger partial charge in [-0.15, -0.1) is 0 Å². The first-order valence-electron chi connectivity index (χ1n) is 7.06. The fourth-order valence-corrected chi connectivity index (χ4v) is 2.77. The van der Waals surface area contributed by atoms with Crippen LogP contribution in [0.2, 0.25) is 5.02 Å². The molecule has 0 radical (unpaired) electrons. The Morgan fingerprint density at radius 3 is 2.48 bits per heavy atom. The van der Waals surface area contributed by atoms with Crippen molar-refractivity contribution in [3.8, 4) is 0 Å².